The van der Waals surface area contributed by atoms with Gasteiger partial charge in [-0.05, 0) is 32.0 Å². The lowest BCUT2D eigenvalue weighted by molar-refractivity contribution is -0.137. The van der Waals surface area contributed by atoms with E-state index in [1.165, 1.54) is 6.07 Å². The number of benzene rings is 1. The maximum Gasteiger partial charge on any atom is 0.416 e. The molecule has 1 atom stereocenters. The van der Waals surface area contributed by atoms with Gasteiger partial charge in [0.2, 0.25) is 5.89 Å². The average Bonchev–Trinajstić information content (AvgIpc) is 3.12. The van der Waals surface area contributed by atoms with Crippen molar-refractivity contribution in [3.05, 3.63) is 47.7 Å². The molecule has 4 rings (SSSR count). The maximum absolute atomic E-state index is 13.0. The van der Waals surface area contributed by atoms with Gasteiger partial charge in [0.15, 0.2) is 5.82 Å². The quantitative estimate of drug-likeness (QED) is 0.676. The van der Waals surface area contributed by atoms with Crippen molar-refractivity contribution in [3.8, 4) is 0 Å². The summed E-state index contributed by atoms with van der Waals surface area (Å²) in [5.74, 6) is 1.21. The van der Waals surface area contributed by atoms with E-state index in [1.807, 2.05) is 13.0 Å². The topological polar surface area (TPSA) is 58.3 Å². The minimum Gasteiger partial charge on any atom is -0.368 e. The fourth-order valence-electron chi connectivity index (χ4n) is 3.57. The molecule has 28 heavy (non-hydrogen) atoms. The number of pyridine rings is 1. The number of aryl methyl sites for hydroxylation is 1. The van der Waals surface area contributed by atoms with Crippen LogP contribution in [-0.2, 0) is 6.18 Å². The highest BCUT2D eigenvalue weighted by Gasteiger charge is 2.31. The molecule has 0 N–H and O–H groups in total. The van der Waals surface area contributed by atoms with Crippen LogP contribution in [0.3, 0.4) is 0 Å². The Kier molecular flexibility index (Phi) is 4.70. The van der Waals surface area contributed by atoms with E-state index in [1.54, 1.807) is 13.1 Å². The Balaban J connectivity index is 1.52. The SMILES string of the molecule is Cc1noc(C(C)N2CCN(c3ccnc4cc(C(F)(F)F)ccc34)CC2)n1. The summed E-state index contributed by atoms with van der Waals surface area (Å²) < 4.78 is 44.2. The molecule has 3 heterocycles. The molecular formula is C19H20F3N5O. The summed E-state index contributed by atoms with van der Waals surface area (Å²) in [7, 11) is 0. The summed E-state index contributed by atoms with van der Waals surface area (Å²) in [5, 5.41) is 4.57. The van der Waals surface area contributed by atoms with Crippen LogP contribution in [0, 0.1) is 6.92 Å². The van der Waals surface area contributed by atoms with E-state index in [0.29, 0.717) is 17.2 Å². The number of hydrogen-bond acceptors (Lipinski definition) is 6. The molecule has 0 saturated carbocycles. The van der Waals surface area contributed by atoms with Crippen LogP contribution in [-0.4, -0.2) is 46.2 Å². The highest BCUT2D eigenvalue weighted by molar-refractivity contribution is 5.92. The van der Waals surface area contributed by atoms with Crippen LogP contribution in [0.4, 0.5) is 18.9 Å². The minimum absolute atomic E-state index is 0.0203. The third-order valence-electron chi connectivity index (χ3n) is 5.15. The molecule has 0 spiro atoms. The smallest absolute Gasteiger partial charge is 0.368 e. The van der Waals surface area contributed by atoms with E-state index in [-0.39, 0.29) is 6.04 Å². The standard InChI is InChI=1S/C19H20F3N5O/c1-12(18-24-13(2)25-28-18)26-7-9-27(10-8-26)17-5-6-23-16-11-14(19(20,21)22)3-4-15(16)17/h3-6,11-12H,7-10H2,1-2H3. The van der Waals surface area contributed by atoms with Crippen molar-refractivity contribution in [2.45, 2.75) is 26.1 Å². The lowest BCUT2D eigenvalue weighted by atomic mass is 10.1. The van der Waals surface area contributed by atoms with Gasteiger partial charge in [0.1, 0.15) is 0 Å². The Morgan fingerprint density at radius 2 is 1.86 bits per heavy atom. The first kappa shape index (κ1) is 18.7. The number of rotatable bonds is 3. The lowest BCUT2D eigenvalue weighted by Crippen LogP contribution is -2.47. The van der Waals surface area contributed by atoms with Gasteiger partial charge >= 0.3 is 6.18 Å². The van der Waals surface area contributed by atoms with E-state index in [4.69, 9.17) is 4.52 Å². The second-order valence-electron chi connectivity index (χ2n) is 6.94. The molecule has 6 nitrogen and oxygen atoms in total. The number of hydrogen-bond donors (Lipinski definition) is 0. The number of fused-ring (bicyclic) bond motifs is 1. The van der Waals surface area contributed by atoms with E-state index >= 15 is 0 Å². The van der Waals surface area contributed by atoms with Crippen molar-refractivity contribution >= 4 is 16.6 Å². The third-order valence-corrected chi connectivity index (χ3v) is 5.15. The zero-order valence-corrected chi connectivity index (χ0v) is 15.6. The van der Waals surface area contributed by atoms with Gasteiger partial charge in [-0.2, -0.15) is 18.2 Å². The number of halogens is 3. The molecule has 2 aromatic heterocycles. The van der Waals surface area contributed by atoms with E-state index in [0.717, 1.165) is 49.4 Å². The first-order valence-corrected chi connectivity index (χ1v) is 9.08. The van der Waals surface area contributed by atoms with Crippen molar-refractivity contribution in [2.24, 2.45) is 0 Å². The van der Waals surface area contributed by atoms with E-state index in [9.17, 15) is 13.2 Å². The Morgan fingerprint density at radius 3 is 2.50 bits per heavy atom. The molecule has 148 valence electrons. The number of aromatic nitrogens is 3. The van der Waals surface area contributed by atoms with E-state index in [2.05, 4.69) is 24.9 Å². The predicted octanol–water partition coefficient (Wildman–Crippen LogP) is 3.83. The van der Waals surface area contributed by atoms with Gasteiger partial charge in [-0.15, -0.1) is 0 Å². The van der Waals surface area contributed by atoms with Crippen LogP contribution < -0.4 is 4.90 Å². The number of piperazine rings is 1. The van der Waals surface area contributed by atoms with Crippen LogP contribution in [0.2, 0.25) is 0 Å². The van der Waals surface area contributed by atoms with Gasteiger partial charge in [0.25, 0.3) is 0 Å². The molecule has 0 bridgehead atoms. The molecule has 0 amide bonds. The predicted molar refractivity (Wildman–Crippen MR) is 98.0 cm³/mol. The fourth-order valence-corrected chi connectivity index (χ4v) is 3.57. The van der Waals surface area contributed by atoms with Crippen LogP contribution in [0.25, 0.3) is 10.9 Å². The normalized spacial score (nSPS) is 17.2. The third kappa shape index (κ3) is 3.54. The first-order valence-electron chi connectivity index (χ1n) is 9.08. The highest BCUT2D eigenvalue weighted by atomic mass is 19.4. The Hall–Kier alpha value is -2.68. The summed E-state index contributed by atoms with van der Waals surface area (Å²) >= 11 is 0. The van der Waals surface area contributed by atoms with Crippen molar-refractivity contribution < 1.29 is 17.7 Å². The van der Waals surface area contributed by atoms with Gasteiger partial charge in [-0.3, -0.25) is 9.88 Å². The highest BCUT2D eigenvalue weighted by Crippen LogP contribution is 2.34. The first-order chi connectivity index (χ1) is 13.3. The van der Waals surface area contributed by atoms with Crippen LogP contribution in [0.15, 0.2) is 35.0 Å². The molecule has 9 heteroatoms. The lowest BCUT2D eigenvalue weighted by Gasteiger charge is -2.38. The van der Waals surface area contributed by atoms with Crippen molar-refractivity contribution in [1.82, 2.24) is 20.0 Å². The number of nitrogens with zero attached hydrogens (tertiary/aromatic N) is 5. The monoisotopic (exact) mass is 391 g/mol. The minimum atomic E-state index is -4.37. The summed E-state index contributed by atoms with van der Waals surface area (Å²) in [5.41, 5.74) is 0.572. The summed E-state index contributed by atoms with van der Waals surface area (Å²) in [6, 6.07) is 5.61. The molecule has 1 unspecified atom stereocenters. The molecule has 0 aliphatic carbocycles. The van der Waals surface area contributed by atoms with Crippen LogP contribution in [0.5, 0.6) is 0 Å². The summed E-state index contributed by atoms with van der Waals surface area (Å²) in [4.78, 5) is 12.9. The molecule has 1 aliphatic rings. The number of anilines is 1. The van der Waals surface area contributed by atoms with Gasteiger partial charge < -0.3 is 9.42 Å². The van der Waals surface area contributed by atoms with E-state index < -0.39 is 11.7 Å². The van der Waals surface area contributed by atoms with Gasteiger partial charge in [0.05, 0.1) is 17.1 Å². The fraction of sp³-hybridized carbons (Fsp3) is 0.421. The van der Waals surface area contributed by atoms with Crippen molar-refractivity contribution in [3.63, 3.8) is 0 Å². The van der Waals surface area contributed by atoms with Crippen LogP contribution in [0.1, 0.15) is 30.2 Å². The van der Waals surface area contributed by atoms with Crippen LogP contribution >= 0.6 is 0 Å². The maximum atomic E-state index is 13.0. The second-order valence-corrected chi connectivity index (χ2v) is 6.94. The summed E-state index contributed by atoms with van der Waals surface area (Å²) in [6.45, 7) is 6.88. The molecule has 3 aromatic rings. The van der Waals surface area contributed by atoms with Gasteiger partial charge in [-0.25, -0.2) is 0 Å². The average molecular weight is 391 g/mol. The molecule has 0 radical (unpaired) electrons. The summed E-state index contributed by atoms with van der Waals surface area (Å²) in [6.07, 6.45) is -2.81. The molecule has 1 aromatic carbocycles. The largest absolute Gasteiger partial charge is 0.416 e. The Labute approximate surface area is 160 Å². The molecule has 1 aliphatic heterocycles. The van der Waals surface area contributed by atoms with Gasteiger partial charge in [-0.1, -0.05) is 11.2 Å². The zero-order valence-electron chi connectivity index (χ0n) is 15.6. The molecular weight excluding hydrogens is 371 g/mol. The van der Waals surface area contributed by atoms with Crippen molar-refractivity contribution in [1.29, 1.82) is 0 Å². The van der Waals surface area contributed by atoms with Crippen molar-refractivity contribution in [2.75, 3.05) is 31.1 Å². The Bertz CT molecular complexity index is 979. The zero-order chi connectivity index (χ0) is 19.9. The number of alkyl halides is 3. The molecule has 1 saturated heterocycles. The Morgan fingerprint density at radius 1 is 1.11 bits per heavy atom. The molecule has 1 fully saturated rings. The second kappa shape index (κ2) is 7.05. The van der Waals surface area contributed by atoms with Gasteiger partial charge in [0, 0.05) is 43.4 Å².